The van der Waals surface area contributed by atoms with Gasteiger partial charge in [0.25, 0.3) is 5.56 Å². The monoisotopic (exact) mass is 243 g/mol. The number of nitrogens with zero attached hydrogens (tertiary/aromatic N) is 1. The van der Waals surface area contributed by atoms with Gasteiger partial charge < -0.3 is 9.30 Å². The highest BCUT2D eigenvalue weighted by Gasteiger charge is 2.28. The molecule has 0 saturated heterocycles. The van der Waals surface area contributed by atoms with Gasteiger partial charge in [-0.1, -0.05) is 18.2 Å². The largest absolute Gasteiger partial charge is 0.465 e. The molecule has 3 rings (SSSR count). The highest BCUT2D eigenvalue weighted by Crippen LogP contribution is 2.35. The molecule has 1 aliphatic rings. The quantitative estimate of drug-likeness (QED) is 0.759. The molecule has 0 N–H and O–H groups in total. The lowest BCUT2D eigenvalue weighted by Gasteiger charge is -2.11. The molecule has 0 spiro atoms. The number of carbonyl (C=O) groups is 1. The predicted molar refractivity (Wildman–Crippen MR) is 67.8 cm³/mol. The molecule has 92 valence electrons. The number of para-hydroxylation sites is 1. The molecule has 2 aromatic rings. The van der Waals surface area contributed by atoms with Crippen LogP contribution in [0.2, 0.25) is 0 Å². The van der Waals surface area contributed by atoms with E-state index in [1.165, 1.54) is 7.11 Å². The minimum Gasteiger partial charge on any atom is -0.465 e. The molecule has 1 saturated carbocycles. The number of pyridine rings is 1. The third-order valence-corrected chi connectivity index (χ3v) is 3.26. The van der Waals surface area contributed by atoms with Crippen molar-refractivity contribution >= 4 is 16.9 Å². The van der Waals surface area contributed by atoms with E-state index in [1.807, 2.05) is 24.3 Å². The normalized spacial score (nSPS) is 14.7. The zero-order chi connectivity index (χ0) is 12.7. The van der Waals surface area contributed by atoms with Crippen molar-refractivity contribution in [2.45, 2.75) is 18.9 Å². The maximum atomic E-state index is 12.3. The van der Waals surface area contributed by atoms with Crippen molar-refractivity contribution in [1.82, 2.24) is 4.57 Å². The molecule has 4 nitrogen and oxygen atoms in total. The first-order valence-electron chi connectivity index (χ1n) is 5.95. The van der Waals surface area contributed by atoms with E-state index in [1.54, 1.807) is 10.6 Å². The Labute approximate surface area is 104 Å². The summed E-state index contributed by atoms with van der Waals surface area (Å²) in [6, 6.07) is 9.45. The number of methoxy groups -OCH3 is 1. The first-order chi connectivity index (χ1) is 8.72. The number of carbonyl (C=O) groups excluding carboxylic acids is 1. The third-order valence-electron chi connectivity index (χ3n) is 3.26. The molecule has 18 heavy (non-hydrogen) atoms. The average molecular weight is 243 g/mol. The summed E-state index contributed by atoms with van der Waals surface area (Å²) >= 11 is 0. The minimum absolute atomic E-state index is 0.114. The van der Waals surface area contributed by atoms with Crippen LogP contribution in [0.1, 0.15) is 29.2 Å². The molecule has 4 heteroatoms. The number of hydrogen-bond acceptors (Lipinski definition) is 3. The SMILES string of the molecule is COC(=O)c1cc2ccccc2n(C2CC2)c1=O. The molecule has 0 unspecified atom stereocenters. The fraction of sp³-hybridized carbons (Fsp3) is 0.286. The molecular formula is C14H13NO3. The van der Waals surface area contributed by atoms with E-state index >= 15 is 0 Å². The van der Waals surface area contributed by atoms with E-state index in [0.29, 0.717) is 0 Å². The lowest BCUT2D eigenvalue weighted by atomic mass is 10.1. The van der Waals surface area contributed by atoms with Gasteiger partial charge in [-0.15, -0.1) is 0 Å². The third kappa shape index (κ3) is 1.61. The molecular weight excluding hydrogens is 230 g/mol. The van der Waals surface area contributed by atoms with Crippen LogP contribution in [0.5, 0.6) is 0 Å². The van der Waals surface area contributed by atoms with E-state index in [0.717, 1.165) is 23.7 Å². The molecule has 1 fully saturated rings. The standard InChI is InChI=1S/C14H13NO3/c1-18-14(17)11-8-9-4-2-3-5-12(9)15(13(11)16)10-6-7-10/h2-5,8,10H,6-7H2,1H3. The Bertz CT molecular complexity index is 683. The van der Waals surface area contributed by atoms with Crippen LogP contribution in [0, 0.1) is 0 Å². The highest BCUT2D eigenvalue weighted by atomic mass is 16.5. The molecule has 0 amide bonds. The lowest BCUT2D eigenvalue weighted by molar-refractivity contribution is 0.0598. The summed E-state index contributed by atoms with van der Waals surface area (Å²) in [5.41, 5.74) is 0.754. The minimum atomic E-state index is -0.569. The van der Waals surface area contributed by atoms with E-state index in [9.17, 15) is 9.59 Å². The van der Waals surface area contributed by atoms with Crippen LogP contribution in [-0.4, -0.2) is 17.6 Å². The first kappa shape index (κ1) is 11.0. The van der Waals surface area contributed by atoms with Gasteiger partial charge in [-0.25, -0.2) is 4.79 Å². The smallest absolute Gasteiger partial charge is 0.343 e. The van der Waals surface area contributed by atoms with Crippen molar-refractivity contribution in [2.24, 2.45) is 0 Å². The van der Waals surface area contributed by atoms with E-state index < -0.39 is 5.97 Å². The van der Waals surface area contributed by atoms with Gasteiger partial charge in [-0.3, -0.25) is 4.79 Å². The average Bonchev–Trinajstić information content (AvgIpc) is 3.21. The molecule has 0 radical (unpaired) electrons. The van der Waals surface area contributed by atoms with Crippen molar-refractivity contribution in [2.75, 3.05) is 7.11 Å². The van der Waals surface area contributed by atoms with Gasteiger partial charge in [0.2, 0.25) is 0 Å². The van der Waals surface area contributed by atoms with Crippen LogP contribution >= 0.6 is 0 Å². The number of hydrogen-bond donors (Lipinski definition) is 0. The number of aromatic nitrogens is 1. The second-order valence-electron chi connectivity index (χ2n) is 4.51. The Hall–Kier alpha value is -2.10. The zero-order valence-corrected chi connectivity index (χ0v) is 10.1. The number of fused-ring (bicyclic) bond motifs is 1. The number of ether oxygens (including phenoxy) is 1. The molecule has 0 atom stereocenters. The fourth-order valence-corrected chi connectivity index (χ4v) is 2.24. The summed E-state index contributed by atoms with van der Waals surface area (Å²) in [5, 5.41) is 0.893. The van der Waals surface area contributed by atoms with E-state index in [-0.39, 0.29) is 17.2 Å². The van der Waals surface area contributed by atoms with Crippen LogP contribution in [0.4, 0.5) is 0 Å². The molecule has 1 aliphatic carbocycles. The second kappa shape index (κ2) is 3.98. The van der Waals surface area contributed by atoms with Crippen LogP contribution in [0.3, 0.4) is 0 Å². The van der Waals surface area contributed by atoms with Crippen molar-refractivity contribution < 1.29 is 9.53 Å². The van der Waals surface area contributed by atoms with E-state index in [2.05, 4.69) is 4.74 Å². The fourth-order valence-electron chi connectivity index (χ4n) is 2.24. The van der Waals surface area contributed by atoms with Gasteiger partial charge in [0.1, 0.15) is 5.56 Å². The van der Waals surface area contributed by atoms with Gasteiger partial charge in [0.15, 0.2) is 0 Å². The summed E-state index contributed by atoms with van der Waals surface area (Å²) in [7, 11) is 1.29. The zero-order valence-electron chi connectivity index (χ0n) is 10.1. The summed E-state index contributed by atoms with van der Waals surface area (Å²) in [6.45, 7) is 0. The highest BCUT2D eigenvalue weighted by molar-refractivity contribution is 5.93. The first-order valence-corrected chi connectivity index (χ1v) is 5.95. The van der Waals surface area contributed by atoms with E-state index in [4.69, 9.17) is 0 Å². The summed E-state index contributed by atoms with van der Waals surface area (Å²) in [4.78, 5) is 24.0. The van der Waals surface area contributed by atoms with Crippen LogP contribution in [-0.2, 0) is 4.74 Å². The molecule has 1 aromatic heterocycles. The number of esters is 1. The van der Waals surface area contributed by atoms with Crippen molar-refractivity contribution in [3.8, 4) is 0 Å². The van der Waals surface area contributed by atoms with Crippen molar-refractivity contribution in [3.05, 3.63) is 46.2 Å². The maximum Gasteiger partial charge on any atom is 0.343 e. The Morgan fingerprint density at radius 3 is 2.72 bits per heavy atom. The summed E-state index contributed by atoms with van der Waals surface area (Å²) in [6.07, 6.45) is 1.99. The van der Waals surface area contributed by atoms with Crippen molar-refractivity contribution in [1.29, 1.82) is 0 Å². The van der Waals surface area contributed by atoms with Gasteiger partial charge in [-0.05, 0) is 30.4 Å². The van der Waals surface area contributed by atoms with Gasteiger partial charge in [-0.2, -0.15) is 0 Å². The summed E-state index contributed by atoms with van der Waals surface area (Å²) in [5.74, 6) is -0.569. The molecule has 0 aliphatic heterocycles. The van der Waals surface area contributed by atoms with Crippen LogP contribution in [0.15, 0.2) is 35.1 Å². The van der Waals surface area contributed by atoms with Gasteiger partial charge in [0, 0.05) is 6.04 Å². The Morgan fingerprint density at radius 2 is 2.06 bits per heavy atom. The van der Waals surface area contributed by atoms with Gasteiger partial charge in [0.05, 0.1) is 12.6 Å². The topological polar surface area (TPSA) is 48.3 Å². The number of benzene rings is 1. The Morgan fingerprint density at radius 1 is 1.33 bits per heavy atom. The predicted octanol–water partition coefficient (Wildman–Crippen LogP) is 2.12. The molecule has 1 aromatic carbocycles. The molecule has 1 heterocycles. The Kier molecular flexibility index (Phi) is 2.44. The lowest BCUT2D eigenvalue weighted by Crippen LogP contribution is -2.26. The second-order valence-corrected chi connectivity index (χ2v) is 4.51. The Balaban J connectivity index is 2.36. The van der Waals surface area contributed by atoms with Crippen LogP contribution < -0.4 is 5.56 Å². The van der Waals surface area contributed by atoms with Crippen molar-refractivity contribution in [3.63, 3.8) is 0 Å². The van der Waals surface area contributed by atoms with Gasteiger partial charge >= 0.3 is 5.97 Å². The number of rotatable bonds is 2. The maximum absolute atomic E-state index is 12.3. The summed E-state index contributed by atoms with van der Waals surface area (Å²) < 4.78 is 6.39. The molecule has 0 bridgehead atoms. The van der Waals surface area contributed by atoms with Crippen LogP contribution in [0.25, 0.3) is 10.9 Å².